The minimum absolute atomic E-state index is 0.0361. The van der Waals surface area contributed by atoms with Gasteiger partial charge in [-0.3, -0.25) is 9.59 Å². The first-order chi connectivity index (χ1) is 11.5. The van der Waals surface area contributed by atoms with Crippen molar-refractivity contribution in [1.82, 2.24) is 0 Å². The van der Waals surface area contributed by atoms with Crippen LogP contribution < -0.4 is 9.64 Å². The van der Waals surface area contributed by atoms with E-state index in [-0.39, 0.29) is 11.7 Å². The van der Waals surface area contributed by atoms with Crippen LogP contribution in [0.3, 0.4) is 0 Å². The lowest BCUT2D eigenvalue weighted by atomic mass is 10.1. The Bertz CT molecular complexity index is 806. The van der Waals surface area contributed by atoms with E-state index in [0.29, 0.717) is 30.2 Å². The molecule has 0 radical (unpaired) electrons. The Morgan fingerprint density at radius 1 is 1.12 bits per heavy atom. The van der Waals surface area contributed by atoms with Crippen LogP contribution >= 0.6 is 0 Å². The molecule has 1 amide bonds. The summed E-state index contributed by atoms with van der Waals surface area (Å²) in [7, 11) is 0. The van der Waals surface area contributed by atoms with Crippen molar-refractivity contribution in [3.8, 4) is 5.75 Å². The molecule has 0 aliphatic carbocycles. The number of Topliss-reactive ketones (excluding diaryl/α,β-unsaturated/α-hetero) is 1. The van der Waals surface area contributed by atoms with E-state index in [2.05, 4.69) is 0 Å². The van der Waals surface area contributed by atoms with E-state index in [9.17, 15) is 9.59 Å². The lowest BCUT2D eigenvalue weighted by molar-refractivity contribution is -0.114. The minimum atomic E-state index is -0.124. The highest BCUT2D eigenvalue weighted by atomic mass is 16.5. The number of ether oxygens (including phenoxy) is 1. The van der Waals surface area contributed by atoms with Crippen LogP contribution in [-0.2, 0) is 4.79 Å². The fourth-order valence-electron chi connectivity index (χ4n) is 2.60. The highest BCUT2D eigenvalue weighted by Crippen LogP contribution is 2.33. The van der Waals surface area contributed by atoms with Crippen LogP contribution in [0.2, 0.25) is 0 Å². The zero-order chi connectivity index (χ0) is 17.1. The van der Waals surface area contributed by atoms with E-state index in [4.69, 9.17) is 4.74 Å². The average Bonchev–Trinajstić information content (AvgIpc) is 2.60. The van der Waals surface area contributed by atoms with Crippen molar-refractivity contribution in [3.63, 3.8) is 0 Å². The molecule has 0 bridgehead atoms. The molecule has 0 spiro atoms. The molecule has 1 aliphatic rings. The Morgan fingerprint density at radius 3 is 2.58 bits per heavy atom. The number of carbonyl (C=O) groups is 2. The van der Waals surface area contributed by atoms with Gasteiger partial charge in [0.1, 0.15) is 12.4 Å². The molecular formula is C20H19NO3. The van der Waals surface area contributed by atoms with Gasteiger partial charge in [0.15, 0.2) is 5.78 Å². The van der Waals surface area contributed by atoms with E-state index in [1.165, 1.54) is 12.5 Å². The summed E-state index contributed by atoms with van der Waals surface area (Å²) < 4.78 is 5.59. The van der Waals surface area contributed by atoms with E-state index >= 15 is 0 Å². The van der Waals surface area contributed by atoms with E-state index in [1.54, 1.807) is 35.3 Å². The molecule has 4 nitrogen and oxygen atoms in total. The molecule has 2 aromatic rings. The van der Waals surface area contributed by atoms with Gasteiger partial charge in [0, 0.05) is 11.6 Å². The zero-order valence-corrected chi connectivity index (χ0v) is 13.8. The molecule has 1 aliphatic heterocycles. The van der Waals surface area contributed by atoms with Gasteiger partial charge in [-0.15, -0.1) is 0 Å². The third-order valence-corrected chi connectivity index (χ3v) is 3.99. The highest BCUT2D eigenvalue weighted by Gasteiger charge is 2.23. The number of rotatable bonds is 3. The highest BCUT2D eigenvalue weighted by molar-refractivity contribution is 6.06. The lowest BCUT2D eigenvalue weighted by Gasteiger charge is -2.29. The molecule has 0 atom stereocenters. The average molecular weight is 321 g/mol. The normalized spacial score (nSPS) is 13.5. The van der Waals surface area contributed by atoms with Crippen LogP contribution in [0.4, 0.5) is 5.69 Å². The maximum absolute atomic E-state index is 12.6. The number of fused-ring (bicyclic) bond motifs is 1. The molecule has 4 heteroatoms. The SMILES string of the molecule is CC(=O)c1ccc2c(c1)N(C(=O)/C=C/c1ccc(C)cc1)CCO2. The van der Waals surface area contributed by atoms with Crippen LogP contribution in [0.5, 0.6) is 5.75 Å². The molecule has 0 N–H and O–H groups in total. The predicted molar refractivity (Wildman–Crippen MR) is 94.5 cm³/mol. The van der Waals surface area contributed by atoms with Crippen molar-refractivity contribution in [3.05, 3.63) is 65.2 Å². The summed E-state index contributed by atoms with van der Waals surface area (Å²) in [6.45, 7) is 4.44. The van der Waals surface area contributed by atoms with Crippen molar-refractivity contribution >= 4 is 23.5 Å². The molecule has 3 rings (SSSR count). The number of carbonyl (C=O) groups excluding carboxylic acids is 2. The number of hydrogen-bond donors (Lipinski definition) is 0. The number of anilines is 1. The van der Waals surface area contributed by atoms with Crippen LogP contribution in [0.1, 0.15) is 28.4 Å². The first-order valence-corrected chi connectivity index (χ1v) is 7.88. The summed E-state index contributed by atoms with van der Waals surface area (Å²) in [6, 6.07) is 13.1. The molecule has 0 saturated heterocycles. The number of amides is 1. The minimum Gasteiger partial charge on any atom is -0.490 e. The van der Waals surface area contributed by atoms with Crippen molar-refractivity contribution in [1.29, 1.82) is 0 Å². The quantitative estimate of drug-likeness (QED) is 0.640. The fourth-order valence-corrected chi connectivity index (χ4v) is 2.60. The molecule has 0 fully saturated rings. The number of nitrogens with zero attached hydrogens (tertiary/aromatic N) is 1. The number of aryl methyl sites for hydroxylation is 1. The molecule has 0 aromatic heterocycles. The monoisotopic (exact) mass is 321 g/mol. The molecule has 2 aromatic carbocycles. The molecule has 122 valence electrons. The van der Waals surface area contributed by atoms with Gasteiger partial charge in [-0.1, -0.05) is 29.8 Å². The van der Waals surface area contributed by atoms with Crippen LogP contribution in [0.15, 0.2) is 48.5 Å². The van der Waals surface area contributed by atoms with Gasteiger partial charge in [0.2, 0.25) is 0 Å². The van der Waals surface area contributed by atoms with Gasteiger partial charge in [0.25, 0.3) is 5.91 Å². The number of hydrogen-bond acceptors (Lipinski definition) is 3. The Labute approximate surface area is 141 Å². The first kappa shape index (κ1) is 16.0. The van der Waals surface area contributed by atoms with Gasteiger partial charge in [-0.05, 0) is 43.7 Å². The van der Waals surface area contributed by atoms with Gasteiger partial charge in [0.05, 0.1) is 12.2 Å². The van der Waals surface area contributed by atoms with Crippen molar-refractivity contribution in [2.24, 2.45) is 0 Å². The Kier molecular flexibility index (Phi) is 4.47. The molecule has 0 saturated carbocycles. The molecular weight excluding hydrogens is 302 g/mol. The Balaban J connectivity index is 1.85. The summed E-state index contributed by atoms with van der Waals surface area (Å²) in [5, 5.41) is 0. The Morgan fingerprint density at radius 2 is 1.88 bits per heavy atom. The number of benzene rings is 2. The molecule has 24 heavy (non-hydrogen) atoms. The van der Waals surface area contributed by atoms with Crippen LogP contribution in [0, 0.1) is 6.92 Å². The molecule has 1 heterocycles. The van der Waals surface area contributed by atoms with E-state index in [0.717, 1.165) is 5.56 Å². The second-order valence-electron chi connectivity index (χ2n) is 5.82. The summed E-state index contributed by atoms with van der Waals surface area (Å²) in [5.74, 6) is 0.468. The van der Waals surface area contributed by atoms with Crippen LogP contribution in [-0.4, -0.2) is 24.8 Å². The van der Waals surface area contributed by atoms with E-state index < -0.39 is 0 Å². The third-order valence-electron chi connectivity index (χ3n) is 3.99. The van der Waals surface area contributed by atoms with E-state index in [1.807, 2.05) is 31.2 Å². The van der Waals surface area contributed by atoms with Gasteiger partial charge in [-0.25, -0.2) is 0 Å². The summed E-state index contributed by atoms with van der Waals surface area (Å²) in [5.41, 5.74) is 3.37. The standard InChI is InChI=1S/C20H19NO3/c1-14-3-5-16(6-4-14)7-10-20(23)21-11-12-24-19-9-8-17(15(2)22)13-18(19)21/h3-10,13H,11-12H2,1-2H3/b10-7+. The fraction of sp³-hybridized carbons (Fsp3) is 0.200. The second kappa shape index (κ2) is 6.71. The summed E-state index contributed by atoms with van der Waals surface area (Å²) in [4.78, 5) is 25.8. The largest absolute Gasteiger partial charge is 0.490 e. The van der Waals surface area contributed by atoms with Crippen molar-refractivity contribution in [2.75, 3.05) is 18.1 Å². The number of ketones is 1. The lowest BCUT2D eigenvalue weighted by Crippen LogP contribution is -2.37. The van der Waals surface area contributed by atoms with Crippen molar-refractivity contribution < 1.29 is 14.3 Å². The predicted octanol–water partition coefficient (Wildman–Crippen LogP) is 3.64. The van der Waals surface area contributed by atoms with Crippen molar-refractivity contribution in [2.45, 2.75) is 13.8 Å². The molecule has 0 unspecified atom stereocenters. The van der Waals surface area contributed by atoms with Gasteiger partial charge in [-0.2, -0.15) is 0 Å². The smallest absolute Gasteiger partial charge is 0.251 e. The zero-order valence-electron chi connectivity index (χ0n) is 13.8. The summed E-state index contributed by atoms with van der Waals surface area (Å²) in [6.07, 6.45) is 3.35. The van der Waals surface area contributed by atoms with Gasteiger partial charge < -0.3 is 9.64 Å². The topological polar surface area (TPSA) is 46.6 Å². The van der Waals surface area contributed by atoms with Crippen LogP contribution in [0.25, 0.3) is 6.08 Å². The first-order valence-electron chi connectivity index (χ1n) is 7.88. The maximum Gasteiger partial charge on any atom is 0.251 e. The summed E-state index contributed by atoms with van der Waals surface area (Å²) >= 11 is 0. The van der Waals surface area contributed by atoms with Gasteiger partial charge >= 0.3 is 0 Å². The Hall–Kier alpha value is -2.88. The second-order valence-corrected chi connectivity index (χ2v) is 5.82. The maximum atomic E-state index is 12.6. The third kappa shape index (κ3) is 3.38.